The lowest BCUT2D eigenvalue weighted by Gasteiger charge is -2.23. The standard InChI is InChI=1S/C10H20N2OS/c1-2-4-9(11)10(13)12-8-5-3-6-14-7-8/h8-9H,2-7,11H2,1H3,(H,12,13)/t8?,9-/m0/s1. The van der Waals surface area contributed by atoms with Gasteiger partial charge in [-0.2, -0.15) is 11.8 Å². The topological polar surface area (TPSA) is 55.1 Å². The van der Waals surface area contributed by atoms with E-state index in [2.05, 4.69) is 5.32 Å². The van der Waals surface area contributed by atoms with E-state index < -0.39 is 0 Å². The molecule has 1 saturated heterocycles. The Hall–Kier alpha value is -0.220. The summed E-state index contributed by atoms with van der Waals surface area (Å²) in [5.74, 6) is 2.30. The van der Waals surface area contributed by atoms with Crippen molar-refractivity contribution in [2.75, 3.05) is 11.5 Å². The fourth-order valence-corrected chi connectivity index (χ4v) is 2.68. The molecule has 2 atom stereocenters. The van der Waals surface area contributed by atoms with Gasteiger partial charge in [0.05, 0.1) is 6.04 Å². The van der Waals surface area contributed by atoms with Gasteiger partial charge in [0.25, 0.3) is 0 Å². The molecule has 1 fully saturated rings. The third-order valence-corrected chi connectivity index (χ3v) is 3.66. The van der Waals surface area contributed by atoms with Gasteiger partial charge in [0.15, 0.2) is 0 Å². The number of carbonyl (C=O) groups excluding carboxylic acids is 1. The summed E-state index contributed by atoms with van der Waals surface area (Å²) in [6.45, 7) is 2.05. The SMILES string of the molecule is CCC[C@H](N)C(=O)NC1CCCSC1. The number of nitrogens with one attached hydrogen (secondary N) is 1. The van der Waals surface area contributed by atoms with E-state index in [0.29, 0.717) is 6.04 Å². The Labute approximate surface area is 90.2 Å². The zero-order chi connectivity index (χ0) is 10.4. The Kier molecular flexibility index (Phi) is 5.33. The third kappa shape index (κ3) is 3.88. The molecule has 3 nitrogen and oxygen atoms in total. The first-order valence-electron chi connectivity index (χ1n) is 5.37. The fraction of sp³-hybridized carbons (Fsp3) is 0.900. The van der Waals surface area contributed by atoms with E-state index in [1.807, 2.05) is 18.7 Å². The Morgan fingerprint density at radius 1 is 1.71 bits per heavy atom. The summed E-state index contributed by atoms with van der Waals surface area (Å²) < 4.78 is 0. The number of thioether (sulfide) groups is 1. The molecule has 0 radical (unpaired) electrons. The minimum Gasteiger partial charge on any atom is -0.351 e. The lowest BCUT2D eigenvalue weighted by Crippen LogP contribution is -2.47. The molecule has 1 rings (SSSR count). The van der Waals surface area contributed by atoms with Gasteiger partial charge in [0, 0.05) is 11.8 Å². The molecule has 82 valence electrons. The Bertz CT molecular complexity index is 181. The molecule has 0 saturated carbocycles. The Morgan fingerprint density at radius 2 is 2.50 bits per heavy atom. The monoisotopic (exact) mass is 216 g/mol. The molecule has 0 aromatic heterocycles. The molecule has 0 spiro atoms. The van der Waals surface area contributed by atoms with Crippen LogP contribution in [0, 0.1) is 0 Å². The van der Waals surface area contributed by atoms with Crippen LogP contribution in [0.1, 0.15) is 32.6 Å². The van der Waals surface area contributed by atoms with Gasteiger partial charge in [-0.15, -0.1) is 0 Å². The second-order valence-electron chi connectivity index (χ2n) is 3.82. The molecule has 0 aromatic rings. The molecule has 0 aromatic carbocycles. The number of amides is 1. The van der Waals surface area contributed by atoms with Crippen LogP contribution in [0.2, 0.25) is 0 Å². The molecule has 1 unspecified atom stereocenters. The van der Waals surface area contributed by atoms with Gasteiger partial charge in [-0.1, -0.05) is 13.3 Å². The van der Waals surface area contributed by atoms with Gasteiger partial charge in [-0.05, 0) is 25.0 Å². The summed E-state index contributed by atoms with van der Waals surface area (Å²) in [6, 6.07) is 0.0380. The van der Waals surface area contributed by atoms with E-state index >= 15 is 0 Å². The quantitative estimate of drug-likeness (QED) is 0.740. The zero-order valence-corrected chi connectivity index (χ0v) is 9.61. The van der Waals surface area contributed by atoms with E-state index in [4.69, 9.17) is 5.73 Å². The molecule has 3 N–H and O–H groups in total. The van der Waals surface area contributed by atoms with E-state index in [9.17, 15) is 4.79 Å². The van der Waals surface area contributed by atoms with Gasteiger partial charge in [-0.3, -0.25) is 4.79 Å². The molecule has 0 bridgehead atoms. The first-order chi connectivity index (χ1) is 6.74. The maximum atomic E-state index is 11.6. The van der Waals surface area contributed by atoms with Gasteiger partial charge >= 0.3 is 0 Å². The average Bonchev–Trinajstić information content (AvgIpc) is 2.19. The van der Waals surface area contributed by atoms with Crippen LogP contribution >= 0.6 is 11.8 Å². The molecule has 1 aliphatic rings. The third-order valence-electron chi connectivity index (χ3n) is 2.44. The van der Waals surface area contributed by atoms with Crippen LogP contribution in [0.4, 0.5) is 0 Å². The van der Waals surface area contributed by atoms with Crippen LogP contribution in [0.15, 0.2) is 0 Å². The van der Waals surface area contributed by atoms with Crippen molar-refractivity contribution >= 4 is 17.7 Å². The van der Waals surface area contributed by atoms with Gasteiger partial charge in [-0.25, -0.2) is 0 Å². The second-order valence-corrected chi connectivity index (χ2v) is 4.97. The predicted octanol–water partition coefficient (Wildman–Crippen LogP) is 1.13. The number of hydrogen-bond donors (Lipinski definition) is 2. The molecule has 14 heavy (non-hydrogen) atoms. The van der Waals surface area contributed by atoms with Crippen molar-refractivity contribution in [3.05, 3.63) is 0 Å². The van der Waals surface area contributed by atoms with Gasteiger partial charge in [0.1, 0.15) is 0 Å². The van der Waals surface area contributed by atoms with Crippen molar-refractivity contribution in [3.63, 3.8) is 0 Å². The summed E-state index contributed by atoms with van der Waals surface area (Å²) in [6.07, 6.45) is 4.07. The lowest BCUT2D eigenvalue weighted by atomic mass is 10.1. The van der Waals surface area contributed by atoms with Gasteiger partial charge < -0.3 is 11.1 Å². The number of carbonyl (C=O) groups is 1. The average molecular weight is 216 g/mol. The molecule has 1 amide bonds. The van der Waals surface area contributed by atoms with Crippen LogP contribution < -0.4 is 11.1 Å². The lowest BCUT2D eigenvalue weighted by molar-refractivity contribution is -0.123. The molecule has 0 aliphatic carbocycles. The maximum Gasteiger partial charge on any atom is 0.237 e. The van der Waals surface area contributed by atoms with Crippen LogP contribution in [0.5, 0.6) is 0 Å². The highest BCUT2D eigenvalue weighted by atomic mass is 32.2. The summed E-state index contributed by atoms with van der Waals surface area (Å²) in [7, 11) is 0. The van der Waals surface area contributed by atoms with Crippen molar-refractivity contribution in [2.24, 2.45) is 5.73 Å². The summed E-state index contributed by atoms with van der Waals surface area (Å²) in [5.41, 5.74) is 5.73. The molecule has 1 heterocycles. The molecule has 4 heteroatoms. The maximum absolute atomic E-state index is 11.6. The molecule has 1 aliphatic heterocycles. The largest absolute Gasteiger partial charge is 0.351 e. The van der Waals surface area contributed by atoms with Crippen molar-refractivity contribution in [3.8, 4) is 0 Å². The zero-order valence-electron chi connectivity index (χ0n) is 8.79. The minimum atomic E-state index is -0.313. The highest BCUT2D eigenvalue weighted by Gasteiger charge is 2.19. The normalized spacial score (nSPS) is 24.3. The van der Waals surface area contributed by atoms with Gasteiger partial charge in [0.2, 0.25) is 5.91 Å². The first-order valence-corrected chi connectivity index (χ1v) is 6.53. The fourth-order valence-electron chi connectivity index (χ4n) is 1.60. The van der Waals surface area contributed by atoms with Crippen molar-refractivity contribution in [2.45, 2.75) is 44.7 Å². The Morgan fingerprint density at radius 3 is 3.07 bits per heavy atom. The number of rotatable bonds is 4. The van der Waals surface area contributed by atoms with Crippen LogP contribution in [0.25, 0.3) is 0 Å². The van der Waals surface area contributed by atoms with E-state index in [-0.39, 0.29) is 11.9 Å². The molecular formula is C10H20N2OS. The van der Waals surface area contributed by atoms with E-state index in [1.165, 1.54) is 12.2 Å². The second kappa shape index (κ2) is 6.30. The summed E-state index contributed by atoms with van der Waals surface area (Å²) >= 11 is 1.91. The molecular weight excluding hydrogens is 196 g/mol. The Balaban J connectivity index is 2.24. The van der Waals surface area contributed by atoms with E-state index in [1.54, 1.807) is 0 Å². The van der Waals surface area contributed by atoms with Crippen LogP contribution in [-0.4, -0.2) is 29.5 Å². The minimum absolute atomic E-state index is 0.0272. The first kappa shape index (κ1) is 11.9. The predicted molar refractivity (Wildman–Crippen MR) is 61.4 cm³/mol. The van der Waals surface area contributed by atoms with E-state index in [0.717, 1.165) is 25.0 Å². The van der Waals surface area contributed by atoms with Crippen molar-refractivity contribution < 1.29 is 4.79 Å². The van der Waals surface area contributed by atoms with Crippen molar-refractivity contribution in [1.82, 2.24) is 5.32 Å². The summed E-state index contributed by atoms with van der Waals surface area (Å²) in [5, 5.41) is 3.02. The number of nitrogens with two attached hydrogens (primary N) is 1. The summed E-state index contributed by atoms with van der Waals surface area (Å²) in [4.78, 5) is 11.6. The van der Waals surface area contributed by atoms with Crippen LogP contribution in [-0.2, 0) is 4.79 Å². The highest BCUT2D eigenvalue weighted by molar-refractivity contribution is 7.99. The van der Waals surface area contributed by atoms with Crippen LogP contribution in [0.3, 0.4) is 0 Å². The smallest absolute Gasteiger partial charge is 0.237 e. The number of hydrogen-bond acceptors (Lipinski definition) is 3. The highest BCUT2D eigenvalue weighted by Crippen LogP contribution is 2.16. The van der Waals surface area contributed by atoms with Crippen molar-refractivity contribution in [1.29, 1.82) is 0 Å².